The van der Waals surface area contributed by atoms with Gasteiger partial charge < -0.3 is 11.1 Å². The summed E-state index contributed by atoms with van der Waals surface area (Å²) in [7, 11) is 0. The predicted octanol–water partition coefficient (Wildman–Crippen LogP) is 3.05. The number of halogens is 1. The number of hydrogen-bond acceptors (Lipinski definition) is 3. The molecule has 0 atom stereocenters. The highest BCUT2D eigenvalue weighted by atomic mass is 35.5. The number of benzene rings is 2. The molecule has 2 aromatic rings. The van der Waals surface area contributed by atoms with E-state index in [0.29, 0.717) is 27.5 Å². The lowest BCUT2D eigenvalue weighted by Crippen LogP contribution is -2.12. The number of nitrogens with one attached hydrogen (secondary N) is 1. The Hall–Kier alpha value is -2.51. The number of hydrogen-bond donors (Lipinski definition) is 2. The zero-order valence-corrected chi connectivity index (χ0v) is 10.6. The monoisotopic (exact) mass is 271 g/mol. The number of carbonyl (C=O) groups excluding carboxylic acids is 1. The Morgan fingerprint density at radius 3 is 2.74 bits per heavy atom. The lowest BCUT2D eigenvalue weighted by molar-refractivity contribution is 0.102. The molecule has 0 aliphatic carbocycles. The SMILES string of the molecule is N#Cc1cccc(NC(=O)c2ccc(Cl)c(N)c2)c1. The van der Waals surface area contributed by atoms with Gasteiger partial charge in [0.15, 0.2) is 0 Å². The van der Waals surface area contributed by atoms with Crippen molar-refractivity contribution in [1.29, 1.82) is 5.26 Å². The first-order valence-corrected chi connectivity index (χ1v) is 5.84. The molecule has 0 unspecified atom stereocenters. The van der Waals surface area contributed by atoms with Crippen LogP contribution < -0.4 is 11.1 Å². The van der Waals surface area contributed by atoms with Crippen LogP contribution in [0.5, 0.6) is 0 Å². The van der Waals surface area contributed by atoms with Gasteiger partial charge in [-0.15, -0.1) is 0 Å². The van der Waals surface area contributed by atoms with E-state index in [9.17, 15) is 4.79 Å². The van der Waals surface area contributed by atoms with Crippen molar-refractivity contribution in [3.05, 3.63) is 58.6 Å². The topological polar surface area (TPSA) is 78.9 Å². The average molecular weight is 272 g/mol. The molecule has 0 radical (unpaired) electrons. The van der Waals surface area contributed by atoms with Crippen LogP contribution in [-0.2, 0) is 0 Å². The molecule has 1 amide bonds. The van der Waals surface area contributed by atoms with E-state index in [1.165, 1.54) is 6.07 Å². The lowest BCUT2D eigenvalue weighted by Gasteiger charge is -2.06. The Bertz CT molecular complexity index is 677. The lowest BCUT2D eigenvalue weighted by atomic mass is 10.1. The average Bonchev–Trinajstić information content (AvgIpc) is 2.42. The molecule has 0 aromatic heterocycles. The normalized spacial score (nSPS) is 9.68. The Morgan fingerprint density at radius 2 is 2.05 bits per heavy atom. The van der Waals surface area contributed by atoms with Crippen molar-refractivity contribution in [2.45, 2.75) is 0 Å². The van der Waals surface area contributed by atoms with Crippen molar-refractivity contribution in [2.75, 3.05) is 11.1 Å². The largest absolute Gasteiger partial charge is 0.398 e. The van der Waals surface area contributed by atoms with Crippen molar-refractivity contribution >= 4 is 28.9 Å². The number of nitriles is 1. The fraction of sp³-hybridized carbons (Fsp3) is 0. The van der Waals surface area contributed by atoms with E-state index in [-0.39, 0.29) is 5.91 Å². The molecule has 0 saturated heterocycles. The van der Waals surface area contributed by atoms with Crippen molar-refractivity contribution in [1.82, 2.24) is 0 Å². The van der Waals surface area contributed by atoms with Crippen molar-refractivity contribution in [3.8, 4) is 6.07 Å². The number of carbonyl (C=O) groups is 1. The minimum atomic E-state index is -0.307. The van der Waals surface area contributed by atoms with Gasteiger partial charge in [-0.25, -0.2) is 0 Å². The Balaban J connectivity index is 2.21. The third kappa shape index (κ3) is 3.03. The number of rotatable bonds is 2. The summed E-state index contributed by atoms with van der Waals surface area (Å²) in [5, 5.41) is 11.9. The first kappa shape index (κ1) is 12.9. The van der Waals surface area contributed by atoms with Crippen LogP contribution in [0.2, 0.25) is 5.02 Å². The minimum absolute atomic E-state index is 0.307. The van der Waals surface area contributed by atoms with E-state index < -0.39 is 0 Å². The van der Waals surface area contributed by atoms with Crippen LogP contribution in [0.3, 0.4) is 0 Å². The van der Waals surface area contributed by atoms with Crippen molar-refractivity contribution in [3.63, 3.8) is 0 Å². The van der Waals surface area contributed by atoms with Crippen molar-refractivity contribution in [2.24, 2.45) is 0 Å². The molecule has 0 fully saturated rings. The van der Waals surface area contributed by atoms with Gasteiger partial charge in [0.25, 0.3) is 5.91 Å². The number of nitrogen functional groups attached to an aromatic ring is 1. The molecule has 0 heterocycles. The maximum absolute atomic E-state index is 12.0. The highest BCUT2D eigenvalue weighted by molar-refractivity contribution is 6.33. The summed E-state index contributed by atoms with van der Waals surface area (Å²) in [5.74, 6) is -0.307. The van der Waals surface area contributed by atoms with Gasteiger partial charge in [-0.05, 0) is 36.4 Å². The van der Waals surface area contributed by atoms with Crippen LogP contribution in [-0.4, -0.2) is 5.91 Å². The van der Waals surface area contributed by atoms with E-state index in [1.54, 1.807) is 36.4 Å². The van der Waals surface area contributed by atoms with E-state index >= 15 is 0 Å². The zero-order valence-electron chi connectivity index (χ0n) is 9.85. The van der Waals surface area contributed by atoms with E-state index in [0.717, 1.165) is 0 Å². The van der Waals surface area contributed by atoms with Crippen LogP contribution in [0.15, 0.2) is 42.5 Å². The smallest absolute Gasteiger partial charge is 0.255 e. The molecule has 2 rings (SSSR count). The summed E-state index contributed by atoms with van der Waals surface area (Å²) in [4.78, 5) is 12.0. The maximum atomic E-state index is 12.0. The predicted molar refractivity (Wildman–Crippen MR) is 75.0 cm³/mol. The fourth-order valence-corrected chi connectivity index (χ4v) is 1.67. The molecule has 0 aliphatic heterocycles. The van der Waals surface area contributed by atoms with Crippen LogP contribution in [0.25, 0.3) is 0 Å². The molecule has 94 valence electrons. The first-order chi connectivity index (χ1) is 9.10. The fourth-order valence-electron chi connectivity index (χ4n) is 1.55. The summed E-state index contributed by atoms with van der Waals surface area (Å²) in [6, 6.07) is 13.3. The summed E-state index contributed by atoms with van der Waals surface area (Å²) in [5.41, 5.74) is 7.43. The quantitative estimate of drug-likeness (QED) is 0.824. The second-order valence-corrected chi connectivity index (χ2v) is 4.29. The van der Waals surface area contributed by atoms with Gasteiger partial charge in [-0.1, -0.05) is 17.7 Å². The molecular formula is C14H10ClN3O. The van der Waals surface area contributed by atoms with Crippen LogP contribution in [0, 0.1) is 11.3 Å². The molecule has 3 N–H and O–H groups in total. The zero-order chi connectivity index (χ0) is 13.8. The van der Waals surface area contributed by atoms with Gasteiger partial charge in [0.1, 0.15) is 0 Å². The Kier molecular flexibility index (Phi) is 3.69. The van der Waals surface area contributed by atoms with E-state index in [1.807, 2.05) is 6.07 Å². The van der Waals surface area contributed by atoms with Gasteiger partial charge >= 0.3 is 0 Å². The number of amides is 1. The van der Waals surface area contributed by atoms with Gasteiger partial charge in [0, 0.05) is 11.3 Å². The molecule has 19 heavy (non-hydrogen) atoms. The molecule has 2 aromatic carbocycles. The number of nitrogens with two attached hydrogens (primary N) is 1. The van der Waals surface area contributed by atoms with Crippen LogP contribution in [0.1, 0.15) is 15.9 Å². The third-order valence-corrected chi connectivity index (χ3v) is 2.85. The van der Waals surface area contributed by atoms with E-state index in [4.69, 9.17) is 22.6 Å². The molecule has 0 saturated carbocycles. The summed E-state index contributed by atoms with van der Waals surface area (Å²) >= 11 is 5.79. The first-order valence-electron chi connectivity index (χ1n) is 5.46. The second-order valence-electron chi connectivity index (χ2n) is 3.88. The van der Waals surface area contributed by atoms with Gasteiger partial charge in [-0.2, -0.15) is 5.26 Å². The van der Waals surface area contributed by atoms with Gasteiger partial charge in [-0.3, -0.25) is 4.79 Å². The molecule has 5 heteroatoms. The Morgan fingerprint density at radius 1 is 1.26 bits per heavy atom. The molecule has 0 spiro atoms. The summed E-state index contributed by atoms with van der Waals surface area (Å²) < 4.78 is 0. The van der Waals surface area contributed by atoms with E-state index in [2.05, 4.69) is 5.32 Å². The minimum Gasteiger partial charge on any atom is -0.398 e. The molecule has 4 nitrogen and oxygen atoms in total. The van der Waals surface area contributed by atoms with Crippen LogP contribution in [0.4, 0.5) is 11.4 Å². The van der Waals surface area contributed by atoms with Gasteiger partial charge in [0.2, 0.25) is 0 Å². The third-order valence-electron chi connectivity index (χ3n) is 2.51. The molecular weight excluding hydrogens is 262 g/mol. The van der Waals surface area contributed by atoms with Gasteiger partial charge in [0.05, 0.1) is 22.3 Å². The molecule has 0 aliphatic rings. The van der Waals surface area contributed by atoms with Crippen LogP contribution >= 0.6 is 11.6 Å². The maximum Gasteiger partial charge on any atom is 0.255 e. The molecule has 0 bridgehead atoms. The number of nitrogens with zero attached hydrogens (tertiary/aromatic N) is 1. The highest BCUT2D eigenvalue weighted by Crippen LogP contribution is 2.20. The standard InChI is InChI=1S/C14H10ClN3O/c15-12-5-4-10(7-13(12)17)14(19)18-11-3-1-2-9(6-11)8-16/h1-7H,17H2,(H,18,19). The van der Waals surface area contributed by atoms with Crippen molar-refractivity contribution < 1.29 is 4.79 Å². The Labute approximate surface area is 115 Å². The highest BCUT2D eigenvalue weighted by Gasteiger charge is 2.08. The summed E-state index contributed by atoms with van der Waals surface area (Å²) in [6.07, 6.45) is 0. The number of anilines is 2. The second kappa shape index (κ2) is 5.42. The summed E-state index contributed by atoms with van der Waals surface area (Å²) in [6.45, 7) is 0.